The quantitative estimate of drug-likeness (QED) is 0.0675. The summed E-state index contributed by atoms with van der Waals surface area (Å²) < 4.78 is 51.5. The number of rotatable bonds is 23. The maximum Gasteiger partial charge on any atom is 0.157 e. The van der Waals surface area contributed by atoms with Crippen molar-refractivity contribution < 1.29 is 42.6 Å². The topological polar surface area (TPSA) is 83.1 Å². The minimum absolute atomic E-state index is 0.000474. The van der Waals surface area contributed by atoms with E-state index in [0.717, 1.165) is 36.1 Å². The fourth-order valence-electron chi connectivity index (χ4n) is 7.40. The zero-order valence-electron chi connectivity index (χ0n) is 44.8. The van der Waals surface area contributed by atoms with Gasteiger partial charge in [-0.15, -0.1) is 0 Å². The molecule has 0 N–H and O–H groups in total. The summed E-state index contributed by atoms with van der Waals surface area (Å²) >= 11 is 0. The second-order valence-corrected chi connectivity index (χ2v) is 19.6. The first-order valence-corrected chi connectivity index (χ1v) is 25.2. The third-order valence-corrected chi connectivity index (χ3v) is 9.96. The van der Waals surface area contributed by atoms with Crippen LogP contribution in [0.3, 0.4) is 0 Å². The third kappa shape index (κ3) is 27.1. The van der Waals surface area contributed by atoms with E-state index in [1.807, 2.05) is 98.7 Å². The van der Waals surface area contributed by atoms with Crippen molar-refractivity contribution in [3.05, 3.63) is 144 Å². The Morgan fingerprint density at radius 2 is 0.824 bits per heavy atom. The van der Waals surface area contributed by atoms with E-state index in [1.165, 1.54) is 12.0 Å². The van der Waals surface area contributed by atoms with E-state index in [1.54, 1.807) is 0 Å². The Hall–Kier alpha value is -3.48. The lowest BCUT2D eigenvalue weighted by atomic mass is 9.80. The summed E-state index contributed by atoms with van der Waals surface area (Å²) in [4.78, 5) is 0. The standard InChI is InChI=1S/C25H28O2.C13H20O2.C11H22O3.C10H22O2/c1-20(2)27-21(3)19-26-25(22-13-7-4-8-14-22,23-15-9-5-10-16-23)24-17-11-6-12-18-24;1-11(2)15-12(3)9-14-10-13-7-5-4-6-8-13;1-9(2)14-10(3)8-13-11-6-4-5-7-12-11;1-8(2)12-9(3)7-11-10(4,5)6/h4-18,20-21H,19H2,1-3H3;4-8,11-12H,9-10H2,1-3H3;9-11H,4-8H2,1-3H3;8-9H,7H2,1-6H3. The number of benzene rings is 4. The van der Waals surface area contributed by atoms with E-state index in [4.69, 9.17) is 42.6 Å². The van der Waals surface area contributed by atoms with Crippen LogP contribution in [0.5, 0.6) is 0 Å². The van der Waals surface area contributed by atoms with Crippen LogP contribution in [0.15, 0.2) is 121 Å². The van der Waals surface area contributed by atoms with Crippen LogP contribution in [-0.4, -0.2) is 93.8 Å². The minimum atomic E-state index is -0.682. The first kappa shape index (κ1) is 60.6. The SMILES string of the molecule is CC(C)OC(C)COC(C)(C)C.CC(C)OC(C)COC(c1ccccc1)(c1ccccc1)c1ccccc1.CC(C)OC(C)COC1CCCCO1.CC(C)OC(C)COCc1ccccc1. The van der Waals surface area contributed by atoms with Crippen molar-refractivity contribution in [1.29, 1.82) is 0 Å². The van der Waals surface area contributed by atoms with Crippen molar-refractivity contribution in [1.82, 2.24) is 0 Å². The summed E-state index contributed by atoms with van der Waals surface area (Å²) in [7, 11) is 0. The fraction of sp³-hybridized carbons (Fsp3) is 0.593. The summed E-state index contributed by atoms with van der Waals surface area (Å²) in [5.74, 6) is 0. The van der Waals surface area contributed by atoms with Crippen LogP contribution in [0.1, 0.15) is 145 Å². The van der Waals surface area contributed by atoms with Crippen LogP contribution in [0.2, 0.25) is 0 Å². The first-order valence-electron chi connectivity index (χ1n) is 25.2. The average molecular weight is 945 g/mol. The van der Waals surface area contributed by atoms with E-state index < -0.39 is 5.60 Å². The van der Waals surface area contributed by atoms with Crippen LogP contribution in [0.25, 0.3) is 0 Å². The van der Waals surface area contributed by atoms with Crippen molar-refractivity contribution in [3.63, 3.8) is 0 Å². The molecule has 5 unspecified atom stereocenters. The molecule has 9 nitrogen and oxygen atoms in total. The van der Waals surface area contributed by atoms with Crippen LogP contribution in [0.4, 0.5) is 0 Å². The molecular formula is C59H92O9. The normalized spacial score (nSPS) is 15.9. The predicted molar refractivity (Wildman–Crippen MR) is 279 cm³/mol. The molecule has 0 saturated carbocycles. The van der Waals surface area contributed by atoms with Crippen LogP contribution >= 0.6 is 0 Å². The monoisotopic (exact) mass is 945 g/mol. The van der Waals surface area contributed by atoms with Gasteiger partial charge >= 0.3 is 0 Å². The van der Waals surface area contributed by atoms with Crippen molar-refractivity contribution >= 4 is 0 Å². The molecule has 0 bridgehead atoms. The molecule has 4 aromatic rings. The Labute approximate surface area is 413 Å². The van der Waals surface area contributed by atoms with Gasteiger partial charge in [0.15, 0.2) is 6.29 Å². The highest BCUT2D eigenvalue weighted by Gasteiger charge is 2.38. The number of hydrogen-bond donors (Lipinski definition) is 0. The molecule has 1 fully saturated rings. The largest absolute Gasteiger partial charge is 0.374 e. The lowest BCUT2D eigenvalue weighted by Crippen LogP contribution is -2.36. The molecule has 1 aliphatic rings. The molecule has 9 heteroatoms. The van der Waals surface area contributed by atoms with Gasteiger partial charge in [0, 0.05) is 6.61 Å². The van der Waals surface area contributed by atoms with E-state index >= 15 is 0 Å². The summed E-state index contributed by atoms with van der Waals surface area (Å²) in [6.45, 7) is 34.6. The Morgan fingerprint density at radius 1 is 0.456 bits per heavy atom. The first-order chi connectivity index (χ1) is 32.3. The van der Waals surface area contributed by atoms with Crippen molar-refractivity contribution in [2.45, 2.75) is 196 Å². The van der Waals surface area contributed by atoms with Crippen molar-refractivity contribution in [2.24, 2.45) is 0 Å². The Kier molecular flexibility index (Phi) is 30.3. The van der Waals surface area contributed by atoms with Gasteiger partial charge in [0.25, 0.3) is 0 Å². The molecule has 5 atom stereocenters. The summed E-state index contributed by atoms with van der Waals surface area (Å²) in [6, 6.07) is 41.5. The van der Waals surface area contributed by atoms with E-state index in [0.29, 0.717) is 33.0 Å². The van der Waals surface area contributed by atoms with Gasteiger partial charge in [0.05, 0.1) is 87.5 Å². The Bertz CT molecular complexity index is 1660. The minimum Gasteiger partial charge on any atom is -0.374 e. The molecule has 0 aromatic heterocycles. The van der Waals surface area contributed by atoms with E-state index in [9.17, 15) is 0 Å². The second kappa shape index (κ2) is 33.9. The van der Waals surface area contributed by atoms with Gasteiger partial charge in [0.2, 0.25) is 0 Å². The highest BCUT2D eigenvalue weighted by Crippen LogP contribution is 2.40. The molecule has 68 heavy (non-hydrogen) atoms. The van der Waals surface area contributed by atoms with Gasteiger partial charge in [-0.3, -0.25) is 0 Å². The molecule has 1 aliphatic heterocycles. The second-order valence-electron chi connectivity index (χ2n) is 19.6. The Balaban J connectivity index is 0.000000333. The summed E-state index contributed by atoms with van der Waals surface area (Å²) in [6.07, 6.45) is 4.88. The molecule has 5 rings (SSSR count). The molecule has 0 amide bonds. The van der Waals surface area contributed by atoms with Crippen molar-refractivity contribution in [2.75, 3.05) is 33.0 Å². The van der Waals surface area contributed by atoms with Gasteiger partial charge < -0.3 is 42.6 Å². The molecule has 0 aliphatic carbocycles. The van der Waals surface area contributed by atoms with Crippen LogP contribution in [0, 0.1) is 0 Å². The van der Waals surface area contributed by atoms with Gasteiger partial charge in [-0.1, -0.05) is 121 Å². The molecule has 382 valence electrons. The predicted octanol–water partition coefficient (Wildman–Crippen LogP) is 13.8. The van der Waals surface area contributed by atoms with Gasteiger partial charge in [-0.2, -0.15) is 0 Å². The van der Waals surface area contributed by atoms with Gasteiger partial charge in [-0.05, 0) is 145 Å². The molecule has 0 radical (unpaired) electrons. The fourth-order valence-corrected chi connectivity index (χ4v) is 7.40. The zero-order chi connectivity index (χ0) is 50.4. The average Bonchev–Trinajstić information content (AvgIpc) is 3.29. The summed E-state index contributed by atoms with van der Waals surface area (Å²) in [5, 5.41) is 0. The maximum absolute atomic E-state index is 6.73. The van der Waals surface area contributed by atoms with Gasteiger partial charge in [-0.25, -0.2) is 0 Å². The number of ether oxygens (including phenoxy) is 9. The van der Waals surface area contributed by atoms with Gasteiger partial charge in [0.1, 0.15) is 5.60 Å². The van der Waals surface area contributed by atoms with Crippen LogP contribution in [-0.2, 0) is 54.8 Å². The zero-order valence-corrected chi connectivity index (χ0v) is 44.8. The van der Waals surface area contributed by atoms with Crippen molar-refractivity contribution in [3.8, 4) is 0 Å². The Morgan fingerprint density at radius 3 is 1.19 bits per heavy atom. The smallest absolute Gasteiger partial charge is 0.157 e. The molecule has 1 saturated heterocycles. The lowest BCUT2D eigenvalue weighted by molar-refractivity contribution is -0.181. The molecule has 4 aromatic carbocycles. The van der Waals surface area contributed by atoms with E-state index in [-0.39, 0.29) is 60.7 Å². The number of hydrogen-bond acceptors (Lipinski definition) is 9. The highest BCUT2D eigenvalue weighted by atomic mass is 16.7. The third-order valence-electron chi connectivity index (χ3n) is 9.96. The molecular weight excluding hydrogens is 853 g/mol. The van der Waals surface area contributed by atoms with Crippen LogP contribution < -0.4 is 0 Å². The molecule has 1 heterocycles. The highest BCUT2D eigenvalue weighted by molar-refractivity contribution is 5.47. The maximum atomic E-state index is 6.73. The molecule has 0 spiro atoms. The lowest BCUT2D eigenvalue weighted by Gasteiger charge is -2.37. The van der Waals surface area contributed by atoms with E-state index in [2.05, 4.69) is 126 Å². The summed E-state index contributed by atoms with van der Waals surface area (Å²) in [5.41, 5.74) is 3.79.